The summed E-state index contributed by atoms with van der Waals surface area (Å²) in [6.07, 6.45) is -2.27. The Balaban J connectivity index is 4.57. The molecule has 0 aliphatic heterocycles. The zero-order valence-electron chi connectivity index (χ0n) is 8.92. The maximum absolute atomic E-state index is 11.3. The lowest BCUT2D eigenvalue weighted by molar-refractivity contribution is -0.153. The van der Waals surface area contributed by atoms with Gasteiger partial charge in [0.2, 0.25) is 10.0 Å². The average Bonchev–Trinajstić information content (AvgIpc) is 2.14. The smallest absolute Gasteiger partial charge is 0.409 e. The molecule has 0 bridgehead atoms. The van der Waals surface area contributed by atoms with Gasteiger partial charge in [0.1, 0.15) is 0 Å². The molecule has 0 aromatic carbocycles. The lowest BCUT2D eigenvalue weighted by Gasteiger charge is -2.25. The molecule has 0 radical (unpaired) electrons. The minimum atomic E-state index is -1.97. The molecule has 1 N–H and O–H groups in total. The van der Waals surface area contributed by atoms with Crippen molar-refractivity contribution in [3.63, 3.8) is 0 Å². The van der Waals surface area contributed by atoms with Gasteiger partial charge in [-0.25, -0.2) is 4.79 Å². The Kier molecular flexibility index (Phi) is 6.22. The summed E-state index contributed by atoms with van der Waals surface area (Å²) in [5, 5.41) is 2.09. The van der Waals surface area contributed by atoms with Crippen LogP contribution in [-0.4, -0.2) is 29.2 Å². The van der Waals surface area contributed by atoms with Crippen molar-refractivity contribution in [2.75, 3.05) is 7.11 Å². The summed E-state index contributed by atoms with van der Waals surface area (Å²) in [6.45, 7) is 3.21. The van der Waals surface area contributed by atoms with Crippen molar-refractivity contribution < 1.29 is 19.1 Å². The Morgan fingerprint density at radius 2 is 1.75 bits per heavy atom. The molecule has 0 rings (SSSR count). The number of amides is 1. The first-order valence-corrected chi connectivity index (χ1v) is 5.43. The zero-order valence-corrected chi connectivity index (χ0v) is 11.2. The highest BCUT2D eigenvalue weighted by Gasteiger charge is 2.38. The van der Waals surface area contributed by atoms with E-state index in [-0.39, 0.29) is 0 Å². The van der Waals surface area contributed by atoms with Gasteiger partial charge in [0.15, 0.2) is 0 Å². The average molecular weight is 293 g/mol. The van der Waals surface area contributed by atoms with E-state index in [2.05, 4.69) is 10.1 Å². The van der Waals surface area contributed by atoms with Crippen LogP contribution in [0.15, 0.2) is 0 Å². The standard InChI is InChI=1S/C8H12Cl3NO4/c1-4(2)5(13)16-6(8(9,10)11)12-7(14)15-3/h4,6H,1-3H3,(H,12,14)/t6-/m0/s1. The Hall–Kier alpha value is -0.390. The second-order valence-electron chi connectivity index (χ2n) is 3.15. The molecule has 16 heavy (non-hydrogen) atoms. The first kappa shape index (κ1) is 15.6. The summed E-state index contributed by atoms with van der Waals surface area (Å²) >= 11 is 16.6. The van der Waals surface area contributed by atoms with Crippen molar-refractivity contribution in [1.82, 2.24) is 5.32 Å². The van der Waals surface area contributed by atoms with E-state index in [1.54, 1.807) is 13.8 Å². The van der Waals surface area contributed by atoms with Gasteiger partial charge >= 0.3 is 12.1 Å². The minimum absolute atomic E-state index is 0.408. The van der Waals surface area contributed by atoms with Crippen molar-refractivity contribution in [2.24, 2.45) is 5.92 Å². The Labute approximate surface area is 108 Å². The summed E-state index contributed by atoms with van der Waals surface area (Å²) in [5.41, 5.74) is 0. The van der Waals surface area contributed by atoms with E-state index in [4.69, 9.17) is 39.5 Å². The number of hydrogen-bond donors (Lipinski definition) is 1. The molecule has 0 aromatic heterocycles. The predicted molar refractivity (Wildman–Crippen MR) is 60.5 cm³/mol. The fraction of sp³-hybridized carbons (Fsp3) is 0.750. The summed E-state index contributed by atoms with van der Waals surface area (Å²) in [5.74, 6) is -1.01. The molecule has 1 atom stereocenters. The van der Waals surface area contributed by atoms with E-state index in [0.29, 0.717) is 0 Å². The maximum Gasteiger partial charge on any atom is 0.409 e. The molecular weight excluding hydrogens is 280 g/mol. The van der Waals surface area contributed by atoms with E-state index in [1.165, 1.54) is 0 Å². The van der Waals surface area contributed by atoms with Crippen molar-refractivity contribution in [2.45, 2.75) is 23.9 Å². The highest BCUT2D eigenvalue weighted by molar-refractivity contribution is 6.68. The normalized spacial score (nSPS) is 13.2. The van der Waals surface area contributed by atoms with Crippen molar-refractivity contribution in [3.8, 4) is 0 Å². The van der Waals surface area contributed by atoms with Crippen LogP contribution in [0.2, 0.25) is 0 Å². The van der Waals surface area contributed by atoms with Crippen LogP contribution in [0, 0.1) is 5.92 Å². The van der Waals surface area contributed by atoms with E-state index in [1.807, 2.05) is 0 Å². The van der Waals surface area contributed by atoms with Crippen LogP contribution in [0.1, 0.15) is 13.8 Å². The van der Waals surface area contributed by atoms with Gasteiger partial charge in [-0.2, -0.15) is 0 Å². The second-order valence-corrected chi connectivity index (χ2v) is 5.52. The van der Waals surface area contributed by atoms with Gasteiger partial charge in [-0.3, -0.25) is 10.1 Å². The molecule has 8 heteroatoms. The molecule has 0 fully saturated rings. The highest BCUT2D eigenvalue weighted by atomic mass is 35.6. The summed E-state index contributed by atoms with van der Waals surface area (Å²) < 4.78 is 7.13. The van der Waals surface area contributed by atoms with Gasteiger partial charge in [-0.05, 0) is 0 Å². The molecule has 0 spiro atoms. The molecule has 0 aliphatic rings. The first-order chi connectivity index (χ1) is 7.18. The van der Waals surface area contributed by atoms with Crippen LogP contribution in [0.4, 0.5) is 4.79 Å². The first-order valence-electron chi connectivity index (χ1n) is 4.30. The molecule has 0 saturated heterocycles. The number of methoxy groups -OCH3 is 1. The Morgan fingerprint density at radius 1 is 1.25 bits per heavy atom. The van der Waals surface area contributed by atoms with Gasteiger partial charge in [0.05, 0.1) is 13.0 Å². The lowest BCUT2D eigenvalue weighted by atomic mass is 10.2. The Bertz CT molecular complexity index is 264. The van der Waals surface area contributed by atoms with Crippen LogP contribution in [-0.2, 0) is 14.3 Å². The number of ether oxygens (including phenoxy) is 2. The number of esters is 1. The van der Waals surface area contributed by atoms with Crippen LogP contribution < -0.4 is 5.32 Å². The summed E-state index contributed by atoms with van der Waals surface area (Å²) in [6, 6.07) is 0. The molecule has 5 nitrogen and oxygen atoms in total. The van der Waals surface area contributed by atoms with Crippen LogP contribution in [0.25, 0.3) is 0 Å². The summed E-state index contributed by atoms with van der Waals surface area (Å²) in [7, 11) is 1.13. The topological polar surface area (TPSA) is 64.6 Å². The van der Waals surface area contributed by atoms with E-state index in [9.17, 15) is 9.59 Å². The third-order valence-electron chi connectivity index (χ3n) is 1.44. The molecule has 0 unspecified atom stereocenters. The van der Waals surface area contributed by atoms with E-state index in [0.717, 1.165) is 7.11 Å². The number of halogens is 3. The third kappa shape index (κ3) is 5.63. The molecular formula is C8H12Cl3NO4. The predicted octanol–water partition coefficient (Wildman–Crippen LogP) is 2.24. The number of alkyl carbamates (subject to hydrolysis) is 1. The summed E-state index contributed by atoms with van der Waals surface area (Å²) in [4.78, 5) is 22.2. The maximum atomic E-state index is 11.3. The molecule has 1 amide bonds. The molecule has 0 saturated carbocycles. The van der Waals surface area contributed by atoms with Gasteiger partial charge in [0, 0.05) is 0 Å². The van der Waals surface area contributed by atoms with Crippen LogP contribution >= 0.6 is 34.8 Å². The van der Waals surface area contributed by atoms with Crippen LogP contribution in [0.3, 0.4) is 0 Å². The third-order valence-corrected chi connectivity index (χ3v) is 2.03. The number of rotatable bonds is 3. The lowest BCUT2D eigenvalue weighted by Crippen LogP contribution is -2.47. The minimum Gasteiger partial charge on any atom is -0.453 e. The fourth-order valence-electron chi connectivity index (χ4n) is 0.596. The molecule has 0 aromatic rings. The van der Waals surface area contributed by atoms with Crippen molar-refractivity contribution in [1.29, 1.82) is 0 Å². The highest BCUT2D eigenvalue weighted by Crippen LogP contribution is 2.31. The number of carbonyl (C=O) groups excluding carboxylic acids is 2. The second kappa shape index (κ2) is 6.37. The van der Waals surface area contributed by atoms with Crippen molar-refractivity contribution >= 4 is 46.9 Å². The quantitative estimate of drug-likeness (QED) is 0.492. The fourth-order valence-corrected chi connectivity index (χ4v) is 0.894. The van der Waals surface area contributed by atoms with Gasteiger partial charge < -0.3 is 9.47 Å². The van der Waals surface area contributed by atoms with Crippen molar-refractivity contribution in [3.05, 3.63) is 0 Å². The van der Waals surface area contributed by atoms with Gasteiger partial charge in [-0.15, -0.1) is 0 Å². The largest absolute Gasteiger partial charge is 0.453 e. The molecule has 0 heterocycles. The van der Waals surface area contributed by atoms with E-state index >= 15 is 0 Å². The van der Waals surface area contributed by atoms with Gasteiger partial charge in [-0.1, -0.05) is 48.7 Å². The SMILES string of the molecule is COC(=O)N[C@@H](OC(=O)C(C)C)C(Cl)(Cl)Cl. The van der Waals surface area contributed by atoms with Crippen LogP contribution in [0.5, 0.6) is 0 Å². The number of nitrogens with one attached hydrogen (secondary N) is 1. The number of alkyl halides is 3. The monoisotopic (exact) mass is 291 g/mol. The number of hydrogen-bond acceptors (Lipinski definition) is 4. The van der Waals surface area contributed by atoms with Gasteiger partial charge in [0.25, 0.3) is 0 Å². The molecule has 0 aliphatic carbocycles. The van der Waals surface area contributed by atoms with E-state index < -0.39 is 28.0 Å². The molecule has 94 valence electrons. The number of carbonyl (C=O) groups is 2. The zero-order chi connectivity index (χ0) is 12.9. The Morgan fingerprint density at radius 3 is 2.06 bits per heavy atom.